The molecule has 0 radical (unpaired) electrons. The molecule has 1 N–H and O–H groups in total. The van der Waals surface area contributed by atoms with Crippen molar-refractivity contribution in [2.75, 3.05) is 0 Å². The number of rotatable bonds is 0. The number of hydrogen-bond acceptors (Lipinski definition) is 1. The molecule has 2 bridgehead atoms. The van der Waals surface area contributed by atoms with Crippen molar-refractivity contribution in [1.29, 1.82) is 0 Å². The molecule has 6 atom stereocenters. The maximum atomic E-state index is 11.9. The van der Waals surface area contributed by atoms with E-state index in [9.17, 15) is 5.11 Å². The van der Waals surface area contributed by atoms with Crippen LogP contribution >= 0.6 is 0 Å². The summed E-state index contributed by atoms with van der Waals surface area (Å²) in [6.45, 7) is 0. The molecule has 1 aromatic rings. The number of benzene rings is 1. The van der Waals surface area contributed by atoms with Gasteiger partial charge in [0.1, 0.15) is 5.60 Å². The molecule has 4 aliphatic rings. The number of aliphatic hydroxyl groups is 1. The molecule has 1 nitrogen and oxygen atoms in total. The van der Waals surface area contributed by atoms with Gasteiger partial charge in [0.15, 0.2) is 0 Å². The number of fused-ring (bicyclic) bond motifs is 6. The highest BCUT2D eigenvalue weighted by molar-refractivity contribution is 5.51. The molecule has 0 aromatic heterocycles. The zero-order valence-corrected chi connectivity index (χ0v) is 10.7. The van der Waals surface area contributed by atoms with Crippen molar-refractivity contribution in [1.82, 2.24) is 0 Å². The molecular weight excluding hydrogens is 232 g/mol. The van der Waals surface area contributed by atoms with Crippen molar-refractivity contribution in [2.24, 2.45) is 17.3 Å². The largest absolute Gasteiger partial charge is 0.384 e. The van der Waals surface area contributed by atoms with Crippen LogP contribution in [-0.4, -0.2) is 5.11 Å². The van der Waals surface area contributed by atoms with E-state index in [1.165, 1.54) is 0 Å². The van der Waals surface area contributed by atoms with Crippen LogP contribution in [0.3, 0.4) is 0 Å². The molecule has 98 valence electrons. The average molecular weight is 257 g/mol. The maximum Gasteiger partial charge on any atom is 0.103 e. The third-order valence-electron chi connectivity index (χ3n) is 6.13. The van der Waals surface area contributed by atoms with E-state index in [4.69, 9.17) is 6.85 Å². The zero-order chi connectivity index (χ0) is 17.0. The van der Waals surface area contributed by atoms with Gasteiger partial charge in [0.25, 0.3) is 0 Å². The Labute approximate surface area is 121 Å². The molecule has 1 spiro atoms. The molecule has 0 unspecified atom stereocenters. The highest BCUT2D eigenvalue weighted by Gasteiger charge is 2.72. The molecule has 4 aliphatic carbocycles. The van der Waals surface area contributed by atoms with Crippen LogP contribution in [0.4, 0.5) is 0 Å². The van der Waals surface area contributed by atoms with Gasteiger partial charge < -0.3 is 5.11 Å². The standard InChI is InChI=1S/C18H20O/c19-18-13-9-8-12(11-13)17(18)10-4-3-6-15(17)14-5-1-2-7-16(14)18/h1-2,5,7-9,12-13,15,19H,3-4,6,10-11H2/t12-,13+,15+,17-,18-/m1/s1/i1D,2D,5D,7D,11D/t11-,12-,13+,15+,17-,18-. The molecule has 2 fully saturated rings. The first-order valence-electron chi connectivity index (χ1n) is 9.88. The summed E-state index contributed by atoms with van der Waals surface area (Å²) in [5.74, 6) is -0.503. The summed E-state index contributed by atoms with van der Waals surface area (Å²) in [7, 11) is 0. The predicted octanol–water partition coefficient (Wildman–Crippen LogP) is 3.74. The normalized spacial score (nSPS) is 56.6. The summed E-state index contributed by atoms with van der Waals surface area (Å²) in [6.07, 6.45) is 7.19. The summed E-state index contributed by atoms with van der Waals surface area (Å²) in [5, 5.41) is 11.9. The van der Waals surface area contributed by atoms with Crippen molar-refractivity contribution in [3.05, 3.63) is 47.4 Å². The molecule has 0 amide bonds. The van der Waals surface area contributed by atoms with E-state index >= 15 is 0 Å². The van der Waals surface area contributed by atoms with Crippen molar-refractivity contribution in [3.63, 3.8) is 0 Å². The third-order valence-corrected chi connectivity index (χ3v) is 6.13. The third kappa shape index (κ3) is 0.922. The Balaban J connectivity index is 1.91. The molecule has 1 aromatic carbocycles. The minimum atomic E-state index is -1.32. The van der Waals surface area contributed by atoms with Crippen LogP contribution in [0.5, 0.6) is 0 Å². The summed E-state index contributed by atoms with van der Waals surface area (Å²) in [6, 6.07) is -0.559. The second kappa shape index (κ2) is 3.15. The lowest BCUT2D eigenvalue weighted by Crippen LogP contribution is -2.48. The van der Waals surface area contributed by atoms with Crippen LogP contribution in [0.25, 0.3) is 0 Å². The van der Waals surface area contributed by atoms with Crippen LogP contribution in [0.15, 0.2) is 36.3 Å². The quantitative estimate of drug-likeness (QED) is 0.702. The minimum absolute atomic E-state index is 0.0148. The van der Waals surface area contributed by atoms with E-state index in [1.807, 2.05) is 6.08 Å². The molecule has 19 heavy (non-hydrogen) atoms. The van der Waals surface area contributed by atoms with E-state index in [0.29, 0.717) is 11.1 Å². The van der Waals surface area contributed by atoms with Gasteiger partial charge in [-0.25, -0.2) is 0 Å². The summed E-state index contributed by atoms with van der Waals surface area (Å²) < 4.78 is 41.6. The van der Waals surface area contributed by atoms with Gasteiger partial charge >= 0.3 is 0 Å². The number of allylic oxidation sites excluding steroid dienone is 1. The summed E-state index contributed by atoms with van der Waals surface area (Å²) in [4.78, 5) is 0. The Morgan fingerprint density at radius 3 is 3.00 bits per heavy atom. The van der Waals surface area contributed by atoms with Gasteiger partial charge in [-0.1, -0.05) is 49.2 Å². The molecule has 1 heteroatoms. The second-order valence-electron chi connectivity index (χ2n) is 6.52. The van der Waals surface area contributed by atoms with Gasteiger partial charge in [-0.15, -0.1) is 0 Å². The topological polar surface area (TPSA) is 20.2 Å². The Morgan fingerprint density at radius 1 is 1.21 bits per heavy atom. The van der Waals surface area contributed by atoms with Crippen LogP contribution < -0.4 is 0 Å². The fraction of sp³-hybridized carbons (Fsp3) is 0.556. The Kier molecular flexibility index (Phi) is 1.17. The molecule has 5 rings (SSSR count). The van der Waals surface area contributed by atoms with Crippen LogP contribution in [0.1, 0.15) is 56.0 Å². The first-order chi connectivity index (χ1) is 11.4. The Morgan fingerprint density at radius 2 is 2.05 bits per heavy atom. The van der Waals surface area contributed by atoms with E-state index in [0.717, 1.165) is 25.7 Å². The first-order valence-corrected chi connectivity index (χ1v) is 7.31. The maximum absolute atomic E-state index is 11.9. The van der Waals surface area contributed by atoms with Gasteiger partial charge in [-0.05, 0) is 42.2 Å². The van der Waals surface area contributed by atoms with Crippen LogP contribution in [0.2, 0.25) is 0 Å². The smallest absolute Gasteiger partial charge is 0.103 e. The molecule has 2 saturated carbocycles. The van der Waals surface area contributed by atoms with E-state index in [1.54, 1.807) is 0 Å². The zero-order valence-electron chi connectivity index (χ0n) is 15.7. The highest BCUT2D eigenvalue weighted by atomic mass is 16.3. The van der Waals surface area contributed by atoms with Crippen molar-refractivity contribution < 1.29 is 12.0 Å². The second-order valence-corrected chi connectivity index (χ2v) is 6.52. The fourth-order valence-corrected chi connectivity index (χ4v) is 5.52. The van der Waals surface area contributed by atoms with Crippen molar-refractivity contribution in [2.45, 2.75) is 43.6 Å². The van der Waals surface area contributed by atoms with E-state index in [2.05, 4.69) is 6.08 Å². The van der Waals surface area contributed by atoms with Crippen LogP contribution in [0, 0.1) is 17.3 Å². The van der Waals surface area contributed by atoms with Gasteiger partial charge in [-0.2, -0.15) is 0 Å². The van der Waals surface area contributed by atoms with E-state index in [-0.39, 0.29) is 41.9 Å². The summed E-state index contributed by atoms with van der Waals surface area (Å²) in [5.41, 5.74) is -0.816. The van der Waals surface area contributed by atoms with Crippen molar-refractivity contribution in [3.8, 4) is 0 Å². The van der Waals surface area contributed by atoms with Crippen molar-refractivity contribution >= 4 is 0 Å². The fourth-order valence-electron chi connectivity index (χ4n) is 5.52. The minimum Gasteiger partial charge on any atom is -0.384 e. The van der Waals surface area contributed by atoms with Gasteiger partial charge in [0.2, 0.25) is 0 Å². The van der Waals surface area contributed by atoms with E-state index < -0.39 is 17.4 Å². The number of hydrogen-bond donors (Lipinski definition) is 1. The molecule has 0 saturated heterocycles. The SMILES string of the molecule is [2H]c1c([2H])c([2H])c2c(c1[2H])[C@@H]1CCCC[C@@]13[C@@H]1C=C[C@@H]([C@@H]1[2H])[C@@]23O. The predicted molar refractivity (Wildman–Crippen MR) is 74.7 cm³/mol. The first kappa shape index (κ1) is 7.08. The monoisotopic (exact) mass is 257 g/mol. The molecule has 0 aliphatic heterocycles. The summed E-state index contributed by atoms with van der Waals surface area (Å²) >= 11 is 0. The lowest BCUT2D eigenvalue weighted by atomic mass is 9.56. The van der Waals surface area contributed by atoms with Crippen LogP contribution in [-0.2, 0) is 5.60 Å². The average Bonchev–Trinajstić information content (AvgIpc) is 3.12. The molecule has 0 heterocycles. The van der Waals surface area contributed by atoms with Gasteiger partial charge in [0.05, 0.1) is 5.48 Å². The highest BCUT2D eigenvalue weighted by Crippen LogP contribution is 2.76. The Hall–Kier alpha value is -1.08. The van der Waals surface area contributed by atoms with Gasteiger partial charge in [0, 0.05) is 12.7 Å². The van der Waals surface area contributed by atoms with Gasteiger partial charge in [-0.3, -0.25) is 0 Å². The lowest BCUT2D eigenvalue weighted by Gasteiger charge is -2.50. The Bertz CT molecular complexity index is 805. The lowest BCUT2D eigenvalue weighted by molar-refractivity contribution is -0.114. The molecular formula is C18H20O.